The third-order valence-corrected chi connectivity index (χ3v) is 3.60. The summed E-state index contributed by atoms with van der Waals surface area (Å²) < 4.78 is 0. The SMILES string of the molecule is C[C@H]1CCC[C@@H]1NCc1ccc(Cl)cc1. The Hall–Kier alpha value is -0.530. The summed E-state index contributed by atoms with van der Waals surface area (Å²) >= 11 is 5.84. The molecular formula is C13H18ClN. The zero-order chi connectivity index (χ0) is 10.7. The van der Waals surface area contributed by atoms with E-state index in [1.54, 1.807) is 0 Å². The molecule has 2 heteroatoms. The lowest BCUT2D eigenvalue weighted by Gasteiger charge is -2.17. The highest BCUT2D eigenvalue weighted by atomic mass is 35.5. The van der Waals surface area contributed by atoms with Crippen molar-refractivity contribution in [3.63, 3.8) is 0 Å². The number of benzene rings is 1. The maximum absolute atomic E-state index is 5.84. The first kappa shape index (κ1) is 11.0. The van der Waals surface area contributed by atoms with Gasteiger partial charge in [0.15, 0.2) is 0 Å². The Bertz CT molecular complexity index is 307. The summed E-state index contributed by atoms with van der Waals surface area (Å²) in [7, 11) is 0. The van der Waals surface area contributed by atoms with E-state index in [4.69, 9.17) is 11.6 Å². The first-order chi connectivity index (χ1) is 7.25. The van der Waals surface area contributed by atoms with Crippen molar-refractivity contribution < 1.29 is 0 Å². The van der Waals surface area contributed by atoms with Crippen LogP contribution in [0.2, 0.25) is 5.02 Å². The minimum atomic E-state index is 0.709. The van der Waals surface area contributed by atoms with Crippen molar-refractivity contribution >= 4 is 11.6 Å². The van der Waals surface area contributed by atoms with Crippen molar-refractivity contribution in [1.29, 1.82) is 0 Å². The van der Waals surface area contributed by atoms with E-state index in [1.807, 2.05) is 12.1 Å². The molecule has 1 aliphatic carbocycles. The van der Waals surface area contributed by atoms with Gasteiger partial charge in [0.1, 0.15) is 0 Å². The first-order valence-electron chi connectivity index (χ1n) is 5.73. The molecule has 0 heterocycles. The van der Waals surface area contributed by atoms with Crippen LogP contribution in [-0.2, 0) is 6.54 Å². The monoisotopic (exact) mass is 223 g/mol. The predicted octanol–water partition coefficient (Wildman–Crippen LogP) is 3.62. The summed E-state index contributed by atoms with van der Waals surface area (Å²) in [5, 5.41) is 4.44. The molecule has 1 aliphatic rings. The fourth-order valence-corrected chi connectivity index (χ4v) is 2.43. The second kappa shape index (κ2) is 5.00. The highest BCUT2D eigenvalue weighted by Crippen LogP contribution is 2.25. The number of hydrogen-bond acceptors (Lipinski definition) is 1. The molecule has 1 aromatic carbocycles. The molecule has 0 radical (unpaired) electrons. The number of rotatable bonds is 3. The Balaban J connectivity index is 1.85. The Kier molecular flexibility index (Phi) is 3.66. The molecule has 2 atom stereocenters. The van der Waals surface area contributed by atoms with E-state index in [0.29, 0.717) is 6.04 Å². The van der Waals surface area contributed by atoms with Gasteiger partial charge in [0.2, 0.25) is 0 Å². The van der Waals surface area contributed by atoms with Gasteiger partial charge >= 0.3 is 0 Å². The third-order valence-electron chi connectivity index (χ3n) is 3.34. The molecule has 0 unspecified atom stereocenters. The van der Waals surface area contributed by atoms with Crippen molar-refractivity contribution in [2.24, 2.45) is 5.92 Å². The summed E-state index contributed by atoms with van der Waals surface area (Å²) in [5.41, 5.74) is 1.32. The second-order valence-corrected chi connectivity index (χ2v) is 4.96. The van der Waals surface area contributed by atoms with Crippen LogP contribution in [-0.4, -0.2) is 6.04 Å². The average Bonchev–Trinajstić information content (AvgIpc) is 2.63. The van der Waals surface area contributed by atoms with Gasteiger partial charge in [-0.25, -0.2) is 0 Å². The zero-order valence-corrected chi connectivity index (χ0v) is 9.93. The Labute approximate surface area is 96.8 Å². The fourth-order valence-electron chi connectivity index (χ4n) is 2.30. The Morgan fingerprint density at radius 3 is 2.60 bits per heavy atom. The molecule has 1 aromatic rings. The normalized spacial score (nSPS) is 25.7. The van der Waals surface area contributed by atoms with Crippen LogP contribution in [0.25, 0.3) is 0 Å². The summed E-state index contributed by atoms with van der Waals surface area (Å²) in [5.74, 6) is 0.831. The van der Waals surface area contributed by atoms with Crippen LogP contribution < -0.4 is 5.32 Å². The second-order valence-electron chi connectivity index (χ2n) is 4.52. The number of nitrogens with one attached hydrogen (secondary N) is 1. The summed E-state index contributed by atoms with van der Waals surface area (Å²) in [6, 6.07) is 8.80. The molecule has 0 saturated heterocycles. The van der Waals surface area contributed by atoms with Gasteiger partial charge in [-0.15, -0.1) is 0 Å². The highest BCUT2D eigenvalue weighted by Gasteiger charge is 2.22. The van der Waals surface area contributed by atoms with Gasteiger partial charge in [-0.05, 0) is 36.5 Å². The third kappa shape index (κ3) is 2.96. The molecule has 0 aliphatic heterocycles. The Morgan fingerprint density at radius 1 is 1.27 bits per heavy atom. The number of halogens is 1. The van der Waals surface area contributed by atoms with Gasteiger partial charge in [-0.2, -0.15) is 0 Å². The molecule has 1 fully saturated rings. The maximum atomic E-state index is 5.84. The molecule has 1 N–H and O–H groups in total. The van der Waals surface area contributed by atoms with Crippen molar-refractivity contribution in [1.82, 2.24) is 5.32 Å². The topological polar surface area (TPSA) is 12.0 Å². The molecule has 0 aromatic heterocycles. The van der Waals surface area contributed by atoms with Gasteiger partial charge in [0.05, 0.1) is 0 Å². The van der Waals surface area contributed by atoms with Gasteiger partial charge in [-0.1, -0.05) is 37.1 Å². The average molecular weight is 224 g/mol. The van der Waals surface area contributed by atoms with E-state index in [2.05, 4.69) is 24.4 Å². The van der Waals surface area contributed by atoms with Gasteiger partial charge in [-0.3, -0.25) is 0 Å². The van der Waals surface area contributed by atoms with Crippen LogP contribution in [0.5, 0.6) is 0 Å². The van der Waals surface area contributed by atoms with E-state index in [1.165, 1.54) is 24.8 Å². The lowest BCUT2D eigenvalue weighted by molar-refractivity contribution is 0.426. The van der Waals surface area contributed by atoms with E-state index < -0.39 is 0 Å². The van der Waals surface area contributed by atoms with Gasteiger partial charge < -0.3 is 5.32 Å². The van der Waals surface area contributed by atoms with Crippen molar-refractivity contribution in [2.75, 3.05) is 0 Å². The molecule has 0 amide bonds. The van der Waals surface area contributed by atoms with Gasteiger partial charge in [0, 0.05) is 17.6 Å². The summed E-state index contributed by atoms with van der Waals surface area (Å²) in [6.45, 7) is 3.30. The van der Waals surface area contributed by atoms with Crippen LogP contribution in [0.4, 0.5) is 0 Å². The summed E-state index contributed by atoms with van der Waals surface area (Å²) in [6.07, 6.45) is 4.08. The van der Waals surface area contributed by atoms with E-state index >= 15 is 0 Å². The quantitative estimate of drug-likeness (QED) is 0.826. The molecule has 2 rings (SSSR count). The molecule has 82 valence electrons. The molecular weight excluding hydrogens is 206 g/mol. The molecule has 0 spiro atoms. The smallest absolute Gasteiger partial charge is 0.0406 e. The lowest BCUT2D eigenvalue weighted by Crippen LogP contribution is -2.30. The fraction of sp³-hybridized carbons (Fsp3) is 0.538. The Morgan fingerprint density at radius 2 is 2.00 bits per heavy atom. The van der Waals surface area contributed by atoms with Crippen LogP contribution in [0.15, 0.2) is 24.3 Å². The van der Waals surface area contributed by atoms with Gasteiger partial charge in [0.25, 0.3) is 0 Å². The zero-order valence-electron chi connectivity index (χ0n) is 9.17. The van der Waals surface area contributed by atoms with E-state index in [9.17, 15) is 0 Å². The van der Waals surface area contributed by atoms with Crippen LogP contribution in [0, 0.1) is 5.92 Å². The van der Waals surface area contributed by atoms with E-state index in [0.717, 1.165) is 17.5 Å². The predicted molar refractivity (Wildman–Crippen MR) is 65.1 cm³/mol. The van der Waals surface area contributed by atoms with Crippen LogP contribution >= 0.6 is 11.6 Å². The lowest BCUT2D eigenvalue weighted by atomic mass is 10.1. The van der Waals surface area contributed by atoms with E-state index in [-0.39, 0.29) is 0 Å². The van der Waals surface area contributed by atoms with Crippen molar-refractivity contribution in [3.05, 3.63) is 34.9 Å². The van der Waals surface area contributed by atoms with Crippen LogP contribution in [0.3, 0.4) is 0 Å². The minimum Gasteiger partial charge on any atom is -0.310 e. The standard InChI is InChI=1S/C13H18ClN/c1-10-3-2-4-13(10)15-9-11-5-7-12(14)8-6-11/h5-8,10,13,15H,2-4,9H2,1H3/t10-,13-/m0/s1. The highest BCUT2D eigenvalue weighted by molar-refractivity contribution is 6.30. The number of hydrogen-bond donors (Lipinski definition) is 1. The van der Waals surface area contributed by atoms with Crippen molar-refractivity contribution in [2.45, 2.75) is 38.8 Å². The molecule has 15 heavy (non-hydrogen) atoms. The molecule has 0 bridgehead atoms. The molecule has 1 saturated carbocycles. The molecule has 1 nitrogen and oxygen atoms in total. The summed E-state index contributed by atoms with van der Waals surface area (Å²) in [4.78, 5) is 0. The first-order valence-corrected chi connectivity index (χ1v) is 6.11. The van der Waals surface area contributed by atoms with Crippen LogP contribution in [0.1, 0.15) is 31.7 Å². The van der Waals surface area contributed by atoms with Crippen molar-refractivity contribution in [3.8, 4) is 0 Å². The largest absolute Gasteiger partial charge is 0.310 e. The minimum absolute atomic E-state index is 0.709. The maximum Gasteiger partial charge on any atom is 0.0406 e.